The first-order valence-corrected chi connectivity index (χ1v) is 8.20. The highest BCUT2D eigenvalue weighted by atomic mass is 16.7. The van der Waals surface area contributed by atoms with Gasteiger partial charge in [0.25, 0.3) is 0 Å². The fourth-order valence-electron chi connectivity index (χ4n) is 5.24. The average Bonchev–Trinajstić information content (AvgIpc) is 3.20. The summed E-state index contributed by atoms with van der Waals surface area (Å²) in [6.07, 6.45) is 5.56. The van der Waals surface area contributed by atoms with Crippen molar-refractivity contribution in [3.05, 3.63) is 30.4 Å². The zero-order valence-electron chi connectivity index (χ0n) is 12.3. The Morgan fingerprint density at radius 3 is 2.26 bits per heavy atom. The van der Waals surface area contributed by atoms with Gasteiger partial charge in [-0.3, -0.25) is 9.59 Å². The van der Waals surface area contributed by atoms with Gasteiger partial charge in [0.15, 0.2) is 11.5 Å². The number of benzene rings is 1. The summed E-state index contributed by atoms with van der Waals surface area (Å²) < 4.78 is 10.7. The molecule has 5 nitrogen and oxygen atoms in total. The SMILES string of the molecule is O=C1[C@@H]2[C@H]3C=C[C@@H]([C@@H]4C[C@H]34)[C@@H]2C(=O)N1c1ccc2c(c1)OCO2. The number of carbonyl (C=O) groups is 2. The van der Waals surface area contributed by atoms with Gasteiger partial charge in [-0.15, -0.1) is 0 Å². The van der Waals surface area contributed by atoms with Crippen LogP contribution in [0.2, 0.25) is 0 Å². The van der Waals surface area contributed by atoms with E-state index in [4.69, 9.17) is 9.47 Å². The van der Waals surface area contributed by atoms with Crippen molar-refractivity contribution >= 4 is 17.5 Å². The minimum atomic E-state index is -0.160. The number of fused-ring (bicyclic) bond motifs is 1. The van der Waals surface area contributed by atoms with E-state index in [-0.39, 0.29) is 42.3 Å². The van der Waals surface area contributed by atoms with Crippen molar-refractivity contribution < 1.29 is 19.1 Å². The lowest BCUT2D eigenvalue weighted by Crippen LogP contribution is -2.40. The van der Waals surface area contributed by atoms with E-state index in [0.29, 0.717) is 29.0 Å². The number of ether oxygens (including phenoxy) is 2. The molecule has 6 atom stereocenters. The number of hydrogen-bond acceptors (Lipinski definition) is 4. The molecule has 2 heterocycles. The lowest BCUT2D eigenvalue weighted by atomic mass is 9.63. The van der Waals surface area contributed by atoms with Gasteiger partial charge in [-0.2, -0.15) is 0 Å². The van der Waals surface area contributed by atoms with Crippen LogP contribution in [-0.4, -0.2) is 18.6 Å². The van der Waals surface area contributed by atoms with Gasteiger partial charge < -0.3 is 9.47 Å². The molecule has 1 aromatic rings. The number of hydrogen-bond donors (Lipinski definition) is 0. The monoisotopic (exact) mass is 309 g/mol. The number of anilines is 1. The molecule has 116 valence electrons. The molecule has 0 unspecified atom stereocenters. The Morgan fingerprint density at radius 1 is 0.913 bits per heavy atom. The smallest absolute Gasteiger partial charge is 0.238 e. The zero-order chi connectivity index (χ0) is 15.3. The minimum absolute atomic E-state index is 0.0384. The second-order valence-corrected chi connectivity index (χ2v) is 7.20. The fraction of sp³-hybridized carbons (Fsp3) is 0.444. The summed E-state index contributed by atoms with van der Waals surface area (Å²) in [5.41, 5.74) is 0.603. The van der Waals surface area contributed by atoms with E-state index >= 15 is 0 Å². The molecule has 3 fully saturated rings. The lowest BCUT2D eigenvalue weighted by molar-refractivity contribution is -0.124. The normalized spacial score (nSPS) is 41.3. The summed E-state index contributed by atoms with van der Waals surface area (Å²) in [6, 6.07) is 5.28. The lowest BCUT2D eigenvalue weighted by Gasteiger charge is -2.37. The summed E-state index contributed by atoms with van der Waals surface area (Å²) >= 11 is 0. The molecule has 2 bridgehead atoms. The Kier molecular flexibility index (Phi) is 2.00. The van der Waals surface area contributed by atoms with Crippen LogP contribution in [0.15, 0.2) is 30.4 Å². The van der Waals surface area contributed by atoms with E-state index in [1.165, 1.54) is 11.3 Å². The molecule has 2 amide bonds. The standard InChI is InChI=1S/C18H15NO4/c20-17-15-9-2-3-10(12-6-11(9)12)16(15)18(21)19(17)8-1-4-13-14(5-8)23-7-22-13/h1-5,9-12,15-16H,6-7H2/t9-,10-,11-,12+,15-,16+/m0/s1. The number of carbonyl (C=O) groups excluding carboxylic acids is 2. The maximum absolute atomic E-state index is 13.0. The quantitative estimate of drug-likeness (QED) is 0.588. The fourth-order valence-corrected chi connectivity index (χ4v) is 5.24. The highest BCUT2D eigenvalue weighted by Crippen LogP contribution is 2.65. The molecular formula is C18H15NO4. The van der Waals surface area contributed by atoms with Gasteiger partial charge in [-0.05, 0) is 42.2 Å². The van der Waals surface area contributed by atoms with E-state index < -0.39 is 0 Å². The predicted molar refractivity (Wildman–Crippen MR) is 79.8 cm³/mol. The minimum Gasteiger partial charge on any atom is -0.454 e. The predicted octanol–water partition coefficient (Wildman–Crippen LogP) is 1.97. The largest absolute Gasteiger partial charge is 0.454 e. The van der Waals surface area contributed by atoms with Crippen molar-refractivity contribution in [2.45, 2.75) is 6.42 Å². The van der Waals surface area contributed by atoms with Crippen LogP contribution in [0, 0.1) is 35.5 Å². The molecule has 0 aromatic heterocycles. The summed E-state index contributed by atoms with van der Waals surface area (Å²) in [4.78, 5) is 27.4. The molecule has 7 rings (SSSR count). The van der Waals surface area contributed by atoms with Gasteiger partial charge in [-0.25, -0.2) is 4.90 Å². The maximum Gasteiger partial charge on any atom is 0.238 e. The molecule has 2 saturated carbocycles. The Hall–Kier alpha value is -2.30. The second-order valence-electron chi connectivity index (χ2n) is 7.20. The van der Waals surface area contributed by atoms with Crippen LogP contribution in [0.1, 0.15) is 6.42 Å². The maximum atomic E-state index is 13.0. The molecule has 4 aliphatic carbocycles. The first-order chi connectivity index (χ1) is 11.2. The topological polar surface area (TPSA) is 55.8 Å². The average molecular weight is 309 g/mol. The van der Waals surface area contributed by atoms with Crippen LogP contribution < -0.4 is 14.4 Å². The van der Waals surface area contributed by atoms with Crippen LogP contribution >= 0.6 is 0 Å². The molecule has 5 heteroatoms. The van der Waals surface area contributed by atoms with Crippen molar-refractivity contribution in [1.82, 2.24) is 0 Å². The molecule has 1 aromatic carbocycles. The van der Waals surface area contributed by atoms with Gasteiger partial charge in [0.05, 0.1) is 17.5 Å². The summed E-state index contributed by atoms with van der Waals surface area (Å²) in [5, 5.41) is 0. The van der Waals surface area contributed by atoms with Gasteiger partial charge >= 0.3 is 0 Å². The van der Waals surface area contributed by atoms with Crippen molar-refractivity contribution in [2.75, 3.05) is 11.7 Å². The number of imide groups is 1. The molecule has 0 radical (unpaired) electrons. The Labute approximate surface area is 132 Å². The van der Waals surface area contributed by atoms with E-state index in [9.17, 15) is 9.59 Å². The third-order valence-corrected chi connectivity index (χ3v) is 6.28. The van der Waals surface area contributed by atoms with Gasteiger partial charge in [0.2, 0.25) is 18.6 Å². The van der Waals surface area contributed by atoms with Crippen molar-refractivity contribution in [3.8, 4) is 11.5 Å². The molecule has 0 N–H and O–H groups in total. The zero-order valence-corrected chi connectivity index (χ0v) is 12.3. The Balaban J connectivity index is 1.43. The highest BCUT2D eigenvalue weighted by Gasteiger charge is 2.67. The van der Waals surface area contributed by atoms with Crippen LogP contribution in [0.3, 0.4) is 0 Å². The van der Waals surface area contributed by atoms with Gasteiger partial charge in [0, 0.05) is 6.07 Å². The molecule has 23 heavy (non-hydrogen) atoms. The first-order valence-electron chi connectivity index (χ1n) is 8.20. The van der Waals surface area contributed by atoms with E-state index in [1.807, 2.05) is 0 Å². The number of nitrogens with zero attached hydrogens (tertiary/aromatic N) is 1. The second kappa shape index (κ2) is 3.78. The Bertz CT molecular complexity index is 764. The van der Waals surface area contributed by atoms with Gasteiger partial charge in [-0.1, -0.05) is 12.2 Å². The van der Waals surface area contributed by atoms with E-state index in [1.54, 1.807) is 18.2 Å². The Morgan fingerprint density at radius 2 is 1.57 bits per heavy atom. The number of allylic oxidation sites excluding steroid dienone is 2. The molecule has 6 aliphatic rings. The molecule has 0 spiro atoms. The van der Waals surface area contributed by atoms with Crippen LogP contribution in [0.4, 0.5) is 5.69 Å². The molecule has 1 saturated heterocycles. The van der Waals surface area contributed by atoms with Crippen molar-refractivity contribution in [2.24, 2.45) is 35.5 Å². The third kappa shape index (κ3) is 1.35. The van der Waals surface area contributed by atoms with Gasteiger partial charge in [0.1, 0.15) is 0 Å². The molecule has 2 aliphatic heterocycles. The van der Waals surface area contributed by atoms with Crippen molar-refractivity contribution in [1.29, 1.82) is 0 Å². The molecular weight excluding hydrogens is 294 g/mol. The highest BCUT2D eigenvalue weighted by molar-refractivity contribution is 6.22. The first kappa shape index (κ1) is 12.2. The van der Waals surface area contributed by atoms with E-state index in [2.05, 4.69) is 12.2 Å². The summed E-state index contributed by atoms with van der Waals surface area (Å²) in [7, 11) is 0. The van der Waals surface area contributed by atoms with Crippen LogP contribution in [0.25, 0.3) is 0 Å². The van der Waals surface area contributed by atoms with Crippen LogP contribution in [0.5, 0.6) is 11.5 Å². The van der Waals surface area contributed by atoms with Crippen LogP contribution in [-0.2, 0) is 9.59 Å². The number of rotatable bonds is 1. The third-order valence-electron chi connectivity index (χ3n) is 6.28. The summed E-state index contributed by atoms with van der Waals surface area (Å²) in [6.45, 7) is 0.184. The van der Waals surface area contributed by atoms with Crippen molar-refractivity contribution in [3.63, 3.8) is 0 Å². The summed E-state index contributed by atoms with van der Waals surface area (Å²) in [5.74, 6) is 2.62. The number of amides is 2. The van der Waals surface area contributed by atoms with E-state index in [0.717, 1.165) is 0 Å².